The lowest BCUT2D eigenvalue weighted by Crippen LogP contribution is -2.57. The molecule has 0 spiro atoms. The van der Waals surface area contributed by atoms with Crippen LogP contribution in [0.4, 0.5) is 0 Å². The summed E-state index contributed by atoms with van der Waals surface area (Å²) in [6, 6.07) is -4.20. The summed E-state index contributed by atoms with van der Waals surface area (Å²) in [5, 5.41) is 23.8. The first-order valence-corrected chi connectivity index (χ1v) is 11.0. The number of unbranched alkanes of at least 4 members (excludes halogenated alkanes) is 1. The number of aromatic amines is 1. The number of H-pyrrole nitrogens is 1. The second kappa shape index (κ2) is 12.9. The number of carbonyl (C=O) groups is 4. The first kappa shape index (κ1) is 26.2. The van der Waals surface area contributed by atoms with E-state index in [0.717, 1.165) is 0 Å². The Kier molecular flexibility index (Phi) is 10.2. The number of carboxylic acid groups (broad SMARTS) is 1. The maximum absolute atomic E-state index is 13.0. The molecule has 33 heavy (non-hydrogen) atoms. The third-order valence-electron chi connectivity index (χ3n) is 5.53. The summed E-state index contributed by atoms with van der Waals surface area (Å²) < 4.78 is 0. The second-order valence-electron chi connectivity index (χ2n) is 8.00. The quantitative estimate of drug-likeness (QED) is 0.152. The predicted octanol–water partition coefficient (Wildman–Crippen LogP) is -2.55. The van der Waals surface area contributed by atoms with Crippen molar-refractivity contribution in [1.82, 2.24) is 25.5 Å². The number of hydrogen-bond acceptors (Lipinski definition) is 8. The molecule has 0 saturated carbocycles. The highest BCUT2D eigenvalue weighted by Gasteiger charge is 2.38. The van der Waals surface area contributed by atoms with E-state index in [1.54, 1.807) is 0 Å². The number of aromatic nitrogens is 2. The standard InChI is InChI=1S/C20H33N7O6/c21-6-2-1-4-14(20(32)33)25-17(29)15(8-12-9-23-11-24-12)26-18(30)16-5-3-7-27(16)19(31)13(22)10-28/h9,11,13-16,28H,1-8,10,21-22H2,(H,23,24)(H,25,29)(H,26,30)(H,32,33). The van der Waals surface area contributed by atoms with Gasteiger partial charge in [-0.3, -0.25) is 14.4 Å². The van der Waals surface area contributed by atoms with Crippen molar-refractivity contribution in [2.75, 3.05) is 19.7 Å². The zero-order valence-corrected chi connectivity index (χ0v) is 18.4. The second-order valence-corrected chi connectivity index (χ2v) is 8.00. The highest BCUT2D eigenvalue weighted by Crippen LogP contribution is 2.19. The molecule has 0 radical (unpaired) electrons. The summed E-state index contributed by atoms with van der Waals surface area (Å²) in [4.78, 5) is 58.0. The molecule has 0 aliphatic carbocycles. The van der Waals surface area contributed by atoms with Gasteiger partial charge in [0.15, 0.2) is 0 Å². The lowest BCUT2D eigenvalue weighted by Gasteiger charge is -2.28. The molecule has 2 heterocycles. The van der Waals surface area contributed by atoms with Crippen LogP contribution in [0.25, 0.3) is 0 Å². The molecule has 1 aromatic rings. The molecule has 0 bridgehead atoms. The average Bonchev–Trinajstić information content (AvgIpc) is 3.48. The van der Waals surface area contributed by atoms with Gasteiger partial charge < -0.3 is 42.2 Å². The zero-order chi connectivity index (χ0) is 24.4. The Morgan fingerprint density at radius 2 is 2.00 bits per heavy atom. The van der Waals surface area contributed by atoms with Gasteiger partial charge >= 0.3 is 5.97 Å². The summed E-state index contributed by atoms with van der Waals surface area (Å²) in [6.45, 7) is 0.175. The third kappa shape index (κ3) is 7.51. The van der Waals surface area contributed by atoms with Crippen molar-refractivity contribution in [3.63, 3.8) is 0 Å². The van der Waals surface area contributed by atoms with Gasteiger partial charge in [-0.05, 0) is 38.6 Å². The highest BCUT2D eigenvalue weighted by atomic mass is 16.4. The molecule has 3 amide bonds. The first-order valence-electron chi connectivity index (χ1n) is 11.0. The summed E-state index contributed by atoms with van der Waals surface area (Å²) >= 11 is 0. The van der Waals surface area contributed by atoms with E-state index in [-0.39, 0.29) is 12.8 Å². The van der Waals surface area contributed by atoms with Crippen LogP contribution >= 0.6 is 0 Å². The van der Waals surface area contributed by atoms with Crippen molar-refractivity contribution >= 4 is 23.7 Å². The number of hydrogen-bond donors (Lipinski definition) is 7. The van der Waals surface area contributed by atoms with Gasteiger partial charge in [0.2, 0.25) is 17.7 Å². The lowest BCUT2D eigenvalue weighted by atomic mass is 10.1. The van der Waals surface area contributed by atoms with E-state index in [1.165, 1.54) is 17.4 Å². The molecule has 1 aliphatic heterocycles. The molecule has 4 atom stereocenters. The number of aliphatic carboxylic acids is 1. The van der Waals surface area contributed by atoms with Crippen LogP contribution in [0, 0.1) is 0 Å². The first-order chi connectivity index (χ1) is 15.8. The lowest BCUT2D eigenvalue weighted by molar-refractivity contribution is -0.143. The Bertz CT molecular complexity index is 803. The number of nitrogens with zero attached hydrogens (tertiary/aromatic N) is 2. The van der Waals surface area contributed by atoms with E-state index >= 15 is 0 Å². The number of rotatable bonds is 13. The summed E-state index contributed by atoms with van der Waals surface area (Å²) in [5.74, 6) is -2.95. The largest absolute Gasteiger partial charge is 0.480 e. The topological polar surface area (TPSA) is 217 Å². The number of aliphatic hydroxyl groups is 1. The molecule has 1 saturated heterocycles. The van der Waals surface area contributed by atoms with Crippen LogP contribution in [0.2, 0.25) is 0 Å². The maximum Gasteiger partial charge on any atom is 0.326 e. The smallest absolute Gasteiger partial charge is 0.326 e. The van der Waals surface area contributed by atoms with Crippen LogP contribution in [-0.4, -0.2) is 92.6 Å². The fourth-order valence-corrected chi connectivity index (χ4v) is 3.71. The number of nitrogens with two attached hydrogens (primary N) is 2. The minimum atomic E-state index is -1.18. The molecule has 0 aromatic carbocycles. The van der Waals surface area contributed by atoms with Crippen molar-refractivity contribution < 1.29 is 29.4 Å². The SMILES string of the molecule is NCCCCC(NC(=O)C(Cc1cnc[nH]1)NC(=O)C1CCCN1C(=O)C(N)CO)C(=O)O. The van der Waals surface area contributed by atoms with Gasteiger partial charge in [0.25, 0.3) is 0 Å². The Balaban J connectivity index is 2.12. The van der Waals surface area contributed by atoms with Crippen LogP contribution in [0.15, 0.2) is 12.5 Å². The number of imidazole rings is 1. The molecule has 1 fully saturated rings. The summed E-state index contributed by atoms with van der Waals surface area (Å²) in [7, 11) is 0. The van der Waals surface area contributed by atoms with Gasteiger partial charge in [-0.1, -0.05) is 0 Å². The fraction of sp³-hybridized carbons (Fsp3) is 0.650. The number of likely N-dealkylation sites (tertiary alicyclic amines) is 1. The monoisotopic (exact) mass is 467 g/mol. The normalized spacial score (nSPS) is 18.4. The van der Waals surface area contributed by atoms with Gasteiger partial charge in [-0.15, -0.1) is 0 Å². The van der Waals surface area contributed by atoms with E-state index in [1.807, 2.05) is 0 Å². The molecule has 4 unspecified atom stereocenters. The number of carbonyl (C=O) groups excluding carboxylic acids is 3. The third-order valence-corrected chi connectivity index (χ3v) is 5.53. The summed E-state index contributed by atoms with van der Waals surface area (Å²) in [6.07, 6.45) is 5.26. The Hall–Kier alpha value is -3.03. The molecule has 1 aliphatic rings. The van der Waals surface area contributed by atoms with Gasteiger partial charge in [0.05, 0.1) is 12.9 Å². The van der Waals surface area contributed by atoms with Crippen molar-refractivity contribution in [1.29, 1.82) is 0 Å². The van der Waals surface area contributed by atoms with Crippen molar-refractivity contribution in [3.05, 3.63) is 18.2 Å². The minimum absolute atomic E-state index is 0.0452. The van der Waals surface area contributed by atoms with Crippen LogP contribution < -0.4 is 22.1 Å². The Morgan fingerprint density at radius 3 is 2.61 bits per heavy atom. The number of nitrogens with one attached hydrogen (secondary N) is 3. The van der Waals surface area contributed by atoms with Crippen molar-refractivity contribution in [2.24, 2.45) is 11.5 Å². The predicted molar refractivity (Wildman–Crippen MR) is 116 cm³/mol. The number of carboxylic acids is 1. The van der Waals surface area contributed by atoms with Crippen molar-refractivity contribution in [3.8, 4) is 0 Å². The molecule has 13 nitrogen and oxygen atoms in total. The molecule has 2 rings (SSSR count). The number of aliphatic hydroxyl groups excluding tert-OH is 1. The van der Waals surface area contributed by atoms with Crippen LogP contribution in [0.3, 0.4) is 0 Å². The van der Waals surface area contributed by atoms with Crippen molar-refractivity contribution in [2.45, 2.75) is 62.7 Å². The molecule has 9 N–H and O–H groups in total. The van der Waals surface area contributed by atoms with E-state index in [4.69, 9.17) is 16.6 Å². The van der Waals surface area contributed by atoms with Crippen LogP contribution in [0.1, 0.15) is 37.8 Å². The van der Waals surface area contributed by atoms with Gasteiger partial charge in [-0.2, -0.15) is 0 Å². The van der Waals surface area contributed by atoms with E-state index in [2.05, 4.69) is 20.6 Å². The molecule has 13 heteroatoms. The van der Waals surface area contributed by atoms with Gasteiger partial charge in [0.1, 0.15) is 24.2 Å². The van der Waals surface area contributed by atoms with Crippen LogP contribution in [0.5, 0.6) is 0 Å². The number of amides is 3. The van der Waals surface area contributed by atoms with Crippen LogP contribution in [-0.2, 0) is 25.6 Å². The maximum atomic E-state index is 13.0. The fourth-order valence-electron chi connectivity index (χ4n) is 3.71. The van der Waals surface area contributed by atoms with Gasteiger partial charge in [-0.25, -0.2) is 9.78 Å². The molecular formula is C20H33N7O6. The Labute approximate surface area is 191 Å². The van der Waals surface area contributed by atoms with E-state index in [9.17, 15) is 24.3 Å². The molecular weight excluding hydrogens is 434 g/mol. The average molecular weight is 468 g/mol. The molecule has 184 valence electrons. The zero-order valence-electron chi connectivity index (χ0n) is 18.4. The highest BCUT2D eigenvalue weighted by molar-refractivity contribution is 5.94. The van der Waals surface area contributed by atoms with E-state index in [0.29, 0.717) is 44.5 Å². The summed E-state index contributed by atoms with van der Waals surface area (Å²) in [5.41, 5.74) is 11.6. The van der Waals surface area contributed by atoms with Gasteiger partial charge in [0, 0.05) is 24.9 Å². The van der Waals surface area contributed by atoms with E-state index < -0.39 is 54.5 Å². The molecule has 1 aromatic heterocycles. The Morgan fingerprint density at radius 1 is 1.24 bits per heavy atom. The minimum Gasteiger partial charge on any atom is -0.480 e.